The molecule has 0 aromatic heterocycles. The topological polar surface area (TPSA) is 12.4 Å². The maximum atomic E-state index is 14.4. The zero-order valence-electron chi connectivity index (χ0n) is 17.7. The molecule has 3 rings (SSSR count). The summed E-state index contributed by atoms with van der Waals surface area (Å²) in [6.45, 7) is 2.10. The van der Waals surface area contributed by atoms with Gasteiger partial charge < -0.3 is 0 Å². The second-order valence-corrected chi connectivity index (χ2v) is 8.49. The molecule has 0 unspecified atom stereocenters. The Labute approximate surface area is 200 Å². The van der Waals surface area contributed by atoms with Crippen LogP contribution in [-0.2, 0) is 0 Å². The fourth-order valence-corrected chi connectivity index (χ4v) is 4.11. The SMILES string of the molecule is CCCCCSc1cc(F)c(C#Cc2ccc(-c3cc(F)c(N=C=S)c(F)c3)cc2)c(F)c1. The first kappa shape index (κ1) is 24.7. The number of thiocarbonyl (C=S) groups is 1. The lowest BCUT2D eigenvalue weighted by Gasteiger charge is -2.05. The van der Waals surface area contributed by atoms with Crippen LogP contribution in [0.1, 0.15) is 37.3 Å². The molecule has 33 heavy (non-hydrogen) atoms. The van der Waals surface area contributed by atoms with Crippen LogP contribution in [0.4, 0.5) is 23.2 Å². The normalized spacial score (nSPS) is 10.3. The van der Waals surface area contributed by atoms with Gasteiger partial charge in [-0.25, -0.2) is 17.6 Å². The van der Waals surface area contributed by atoms with Gasteiger partial charge in [0.25, 0.3) is 0 Å². The first-order chi connectivity index (χ1) is 15.9. The van der Waals surface area contributed by atoms with E-state index in [1.165, 1.54) is 23.9 Å². The fourth-order valence-electron chi connectivity index (χ4n) is 3.06. The van der Waals surface area contributed by atoms with E-state index in [0.29, 0.717) is 21.6 Å². The standard InChI is InChI=1S/C26H19F4NS2/c1-2-3-4-11-33-20-14-22(27)21(23(28)15-20)10-7-17-5-8-18(9-6-17)19-12-24(29)26(31-16-32)25(30)13-19/h5-6,8-9,12-15H,2-4,11H2,1H3. The van der Waals surface area contributed by atoms with Gasteiger partial charge in [0.2, 0.25) is 0 Å². The van der Waals surface area contributed by atoms with Crippen molar-refractivity contribution in [3.63, 3.8) is 0 Å². The van der Waals surface area contributed by atoms with Crippen molar-refractivity contribution >= 4 is 34.8 Å². The molecule has 0 heterocycles. The first-order valence-electron chi connectivity index (χ1n) is 10.2. The average molecular weight is 486 g/mol. The van der Waals surface area contributed by atoms with Crippen LogP contribution in [0, 0.1) is 35.1 Å². The minimum atomic E-state index is -0.857. The molecule has 0 saturated heterocycles. The van der Waals surface area contributed by atoms with Crippen molar-refractivity contribution in [2.45, 2.75) is 31.1 Å². The summed E-state index contributed by atoms with van der Waals surface area (Å²) in [6, 6.07) is 11.3. The van der Waals surface area contributed by atoms with Crippen molar-refractivity contribution in [1.29, 1.82) is 0 Å². The Kier molecular flexibility index (Phi) is 8.85. The molecule has 0 aliphatic heterocycles. The van der Waals surface area contributed by atoms with E-state index >= 15 is 0 Å². The summed E-state index contributed by atoms with van der Waals surface area (Å²) >= 11 is 5.81. The van der Waals surface area contributed by atoms with Crippen LogP contribution in [0.5, 0.6) is 0 Å². The number of nitrogens with zero attached hydrogens (tertiary/aromatic N) is 1. The summed E-state index contributed by atoms with van der Waals surface area (Å²) < 4.78 is 56.9. The Morgan fingerprint density at radius 1 is 0.818 bits per heavy atom. The molecule has 0 fully saturated rings. The van der Waals surface area contributed by atoms with Gasteiger partial charge in [0, 0.05) is 10.5 Å². The van der Waals surface area contributed by atoms with Gasteiger partial charge in [-0.15, -0.1) is 11.8 Å². The molecule has 0 aliphatic rings. The number of aliphatic imine (C=N–C) groups is 1. The molecule has 3 aromatic carbocycles. The molecular formula is C26H19F4NS2. The predicted molar refractivity (Wildman–Crippen MR) is 129 cm³/mol. The highest BCUT2D eigenvalue weighted by Crippen LogP contribution is 2.29. The highest BCUT2D eigenvalue weighted by molar-refractivity contribution is 7.99. The summed E-state index contributed by atoms with van der Waals surface area (Å²) in [5, 5.41) is 1.94. The predicted octanol–water partition coefficient (Wildman–Crippen LogP) is 8.33. The molecule has 0 aliphatic carbocycles. The van der Waals surface area contributed by atoms with Crippen molar-refractivity contribution in [2.75, 3.05) is 5.75 Å². The molecule has 0 spiro atoms. The van der Waals surface area contributed by atoms with Gasteiger partial charge in [-0.1, -0.05) is 43.7 Å². The van der Waals surface area contributed by atoms with Gasteiger partial charge in [0.05, 0.1) is 10.7 Å². The van der Waals surface area contributed by atoms with Crippen LogP contribution in [-0.4, -0.2) is 10.9 Å². The number of unbranched alkanes of at least 4 members (excludes halogenated alkanes) is 2. The Hall–Kier alpha value is -2.91. The van der Waals surface area contributed by atoms with E-state index in [0.717, 1.165) is 37.1 Å². The molecule has 1 nitrogen and oxygen atoms in total. The monoisotopic (exact) mass is 485 g/mol. The smallest absolute Gasteiger partial charge is 0.153 e. The fraction of sp³-hybridized carbons (Fsp3) is 0.192. The van der Waals surface area contributed by atoms with Gasteiger partial charge in [-0.2, -0.15) is 4.99 Å². The Morgan fingerprint density at radius 2 is 1.45 bits per heavy atom. The van der Waals surface area contributed by atoms with E-state index in [1.54, 1.807) is 24.3 Å². The van der Waals surface area contributed by atoms with Gasteiger partial charge >= 0.3 is 0 Å². The van der Waals surface area contributed by atoms with E-state index in [-0.39, 0.29) is 5.56 Å². The lowest BCUT2D eigenvalue weighted by atomic mass is 10.0. The van der Waals surface area contributed by atoms with Crippen molar-refractivity contribution in [3.8, 4) is 23.0 Å². The number of halogens is 4. The lowest BCUT2D eigenvalue weighted by molar-refractivity contribution is 0.571. The lowest BCUT2D eigenvalue weighted by Crippen LogP contribution is -1.92. The van der Waals surface area contributed by atoms with E-state index < -0.39 is 29.0 Å². The molecule has 0 bridgehead atoms. The number of benzene rings is 3. The molecular weight excluding hydrogens is 466 g/mol. The third-order valence-corrected chi connectivity index (χ3v) is 5.91. The second-order valence-electron chi connectivity index (χ2n) is 7.14. The van der Waals surface area contributed by atoms with Crippen LogP contribution < -0.4 is 0 Å². The summed E-state index contributed by atoms with van der Waals surface area (Å²) in [5.74, 6) is 2.95. The summed E-state index contributed by atoms with van der Waals surface area (Å²) in [5.41, 5.74) is 0.551. The van der Waals surface area contributed by atoms with E-state index in [4.69, 9.17) is 0 Å². The summed E-state index contributed by atoms with van der Waals surface area (Å²) in [7, 11) is 0. The van der Waals surface area contributed by atoms with Crippen LogP contribution >= 0.6 is 24.0 Å². The van der Waals surface area contributed by atoms with Gasteiger partial charge in [-0.05, 0) is 71.9 Å². The number of thioether (sulfide) groups is 1. The van der Waals surface area contributed by atoms with Gasteiger partial charge in [-0.3, -0.25) is 0 Å². The molecule has 0 saturated carbocycles. The summed E-state index contributed by atoms with van der Waals surface area (Å²) in [4.78, 5) is 3.92. The molecule has 0 N–H and O–H groups in total. The van der Waals surface area contributed by atoms with Crippen LogP contribution in [0.2, 0.25) is 0 Å². The van der Waals surface area contributed by atoms with Crippen LogP contribution in [0.3, 0.4) is 0 Å². The Balaban J connectivity index is 1.78. The van der Waals surface area contributed by atoms with E-state index in [9.17, 15) is 17.6 Å². The van der Waals surface area contributed by atoms with Gasteiger partial charge in [0.1, 0.15) is 17.3 Å². The second kappa shape index (κ2) is 11.8. The zero-order chi connectivity index (χ0) is 23.8. The van der Waals surface area contributed by atoms with Gasteiger partial charge in [0.15, 0.2) is 11.6 Å². The minimum absolute atomic E-state index is 0.296. The highest BCUT2D eigenvalue weighted by atomic mass is 32.2. The highest BCUT2D eigenvalue weighted by Gasteiger charge is 2.12. The zero-order valence-corrected chi connectivity index (χ0v) is 19.4. The number of hydrogen-bond acceptors (Lipinski definition) is 3. The third kappa shape index (κ3) is 6.55. The third-order valence-electron chi connectivity index (χ3n) is 4.76. The molecule has 0 radical (unpaired) electrons. The van der Waals surface area contributed by atoms with Crippen molar-refractivity contribution in [1.82, 2.24) is 0 Å². The Morgan fingerprint density at radius 3 is 2.03 bits per heavy atom. The molecule has 0 atom stereocenters. The van der Waals surface area contributed by atoms with E-state index in [1.807, 2.05) is 5.16 Å². The maximum absolute atomic E-state index is 14.4. The Bertz CT molecular complexity index is 1210. The molecule has 168 valence electrons. The largest absolute Gasteiger partial charge is 0.205 e. The van der Waals surface area contributed by atoms with Crippen molar-refractivity contribution < 1.29 is 17.6 Å². The maximum Gasteiger partial charge on any atom is 0.153 e. The summed E-state index contributed by atoms with van der Waals surface area (Å²) in [6.07, 6.45) is 3.16. The average Bonchev–Trinajstić information content (AvgIpc) is 2.79. The number of rotatable bonds is 7. The first-order valence-corrected chi connectivity index (χ1v) is 11.6. The number of isothiocyanates is 1. The molecule has 0 amide bonds. The molecule has 7 heteroatoms. The van der Waals surface area contributed by atoms with E-state index in [2.05, 4.69) is 36.0 Å². The van der Waals surface area contributed by atoms with Crippen molar-refractivity contribution in [2.24, 2.45) is 4.99 Å². The van der Waals surface area contributed by atoms with Crippen LogP contribution in [0.25, 0.3) is 11.1 Å². The quantitative estimate of drug-likeness (QED) is 0.0833. The number of hydrogen-bond donors (Lipinski definition) is 0. The molecule has 3 aromatic rings. The van der Waals surface area contributed by atoms with Crippen LogP contribution in [0.15, 0.2) is 58.4 Å². The minimum Gasteiger partial charge on any atom is -0.205 e. The van der Waals surface area contributed by atoms with Crippen molar-refractivity contribution in [3.05, 3.63) is 82.9 Å².